The predicted octanol–water partition coefficient (Wildman–Crippen LogP) is 1.98. The number of nitriles is 1. The summed E-state index contributed by atoms with van der Waals surface area (Å²) in [5.41, 5.74) is -1.85. The maximum atomic E-state index is 11.4. The van der Waals surface area contributed by atoms with Gasteiger partial charge < -0.3 is 10.2 Å². The molecule has 96 valence electrons. The molecule has 0 heterocycles. The van der Waals surface area contributed by atoms with E-state index < -0.39 is 29.2 Å². The fraction of sp³-hybridized carbons (Fsp3) is 0.750. The summed E-state index contributed by atoms with van der Waals surface area (Å²) in [6, 6.07) is 1.73. The molecule has 0 radical (unpaired) electrons. The molecule has 0 aliphatic carbocycles. The van der Waals surface area contributed by atoms with Gasteiger partial charge in [0.2, 0.25) is 0 Å². The molecular formula is C12H19NO4. The van der Waals surface area contributed by atoms with Gasteiger partial charge in [0, 0.05) is 0 Å². The summed E-state index contributed by atoms with van der Waals surface area (Å²) in [7, 11) is 0. The normalized spacial score (nSPS) is 16.3. The standard InChI is InChI=1S/C12H19NO4/c1-7(2)5-12(6-13,11(16)17)9(8(3)4)10(14)15/h7-9H,5H2,1-4H3,(H,14,15)(H,16,17). The van der Waals surface area contributed by atoms with Gasteiger partial charge in [-0.25, -0.2) is 0 Å². The van der Waals surface area contributed by atoms with Crippen molar-refractivity contribution in [2.24, 2.45) is 23.2 Å². The Bertz CT molecular complexity index is 343. The second-order valence-corrected chi connectivity index (χ2v) is 5.05. The third-order valence-electron chi connectivity index (χ3n) is 2.78. The largest absolute Gasteiger partial charge is 0.481 e. The smallest absolute Gasteiger partial charge is 0.324 e. The highest BCUT2D eigenvalue weighted by atomic mass is 16.4. The molecule has 2 N–H and O–H groups in total. The lowest BCUT2D eigenvalue weighted by molar-refractivity contribution is -0.161. The Morgan fingerprint density at radius 1 is 1.24 bits per heavy atom. The number of nitrogens with zero attached hydrogens (tertiary/aromatic N) is 1. The van der Waals surface area contributed by atoms with Gasteiger partial charge in [-0.3, -0.25) is 9.59 Å². The molecule has 0 fully saturated rings. The van der Waals surface area contributed by atoms with Gasteiger partial charge in [0.25, 0.3) is 0 Å². The average molecular weight is 241 g/mol. The van der Waals surface area contributed by atoms with Crippen LogP contribution in [-0.4, -0.2) is 22.2 Å². The maximum absolute atomic E-state index is 11.4. The Kier molecular flexibility index (Phi) is 5.14. The van der Waals surface area contributed by atoms with Gasteiger partial charge in [-0.15, -0.1) is 0 Å². The second-order valence-electron chi connectivity index (χ2n) is 5.05. The molecular weight excluding hydrogens is 222 g/mol. The summed E-state index contributed by atoms with van der Waals surface area (Å²) in [5, 5.41) is 27.6. The minimum atomic E-state index is -1.85. The summed E-state index contributed by atoms with van der Waals surface area (Å²) in [6.07, 6.45) is 0.0357. The SMILES string of the molecule is CC(C)CC(C#N)(C(=O)O)C(C(=O)O)C(C)C. The summed E-state index contributed by atoms with van der Waals surface area (Å²) in [6.45, 7) is 6.78. The second kappa shape index (κ2) is 5.67. The number of carboxylic acid groups (broad SMARTS) is 2. The van der Waals surface area contributed by atoms with E-state index in [4.69, 9.17) is 10.4 Å². The molecule has 17 heavy (non-hydrogen) atoms. The first-order chi connectivity index (χ1) is 7.69. The minimum Gasteiger partial charge on any atom is -0.481 e. The number of carbonyl (C=O) groups is 2. The molecule has 0 saturated heterocycles. The van der Waals surface area contributed by atoms with Crippen LogP contribution >= 0.6 is 0 Å². The van der Waals surface area contributed by atoms with Crippen LogP contribution in [0.4, 0.5) is 0 Å². The molecule has 0 aromatic rings. The minimum absolute atomic E-state index is 0.0357. The third kappa shape index (κ3) is 3.19. The van der Waals surface area contributed by atoms with Gasteiger partial charge in [-0.05, 0) is 18.3 Å². The molecule has 0 spiro atoms. The van der Waals surface area contributed by atoms with E-state index in [9.17, 15) is 14.7 Å². The van der Waals surface area contributed by atoms with Crippen molar-refractivity contribution in [3.05, 3.63) is 0 Å². The van der Waals surface area contributed by atoms with E-state index in [2.05, 4.69) is 0 Å². The van der Waals surface area contributed by atoms with Gasteiger partial charge in [0.05, 0.1) is 12.0 Å². The third-order valence-corrected chi connectivity index (χ3v) is 2.78. The van der Waals surface area contributed by atoms with Crippen molar-refractivity contribution in [1.82, 2.24) is 0 Å². The van der Waals surface area contributed by atoms with Crippen molar-refractivity contribution >= 4 is 11.9 Å². The van der Waals surface area contributed by atoms with Crippen molar-refractivity contribution in [3.8, 4) is 6.07 Å². The monoisotopic (exact) mass is 241 g/mol. The lowest BCUT2D eigenvalue weighted by atomic mass is 9.67. The first-order valence-electron chi connectivity index (χ1n) is 5.56. The van der Waals surface area contributed by atoms with Gasteiger partial charge in [0.15, 0.2) is 5.41 Å². The quantitative estimate of drug-likeness (QED) is 0.740. The van der Waals surface area contributed by atoms with Crippen LogP contribution in [0, 0.1) is 34.5 Å². The highest BCUT2D eigenvalue weighted by Crippen LogP contribution is 2.39. The number of carboxylic acids is 2. The lowest BCUT2D eigenvalue weighted by Crippen LogP contribution is -2.45. The molecule has 5 nitrogen and oxygen atoms in total. The van der Waals surface area contributed by atoms with Crippen LogP contribution in [0.15, 0.2) is 0 Å². The molecule has 2 atom stereocenters. The Morgan fingerprint density at radius 2 is 1.71 bits per heavy atom. The van der Waals surface area contributed by atoms with E-state index in [1.807, 2.05) is 0 Å². The molecule has 0 aliphatic rings. The highest BCUT2D eigenvalue weighted by molar-refractivity contribution is 5.86. The van der Waals surface area contributed by atoms with E-state index in [0.29, 0.717) is 0 Å². The van der Waals surface area contributed by atoms with Crippen LogP contribution < -0.4 is 0 Å². The van der Waals surface area contributed by atoms with E-state index in [0.717, 1.165) is 0 Å². The molecule has 0 aromatic heterocycles. The predicted molar refractivity (Wildman–Crippen MR) is 61.1 cm³/mol. The molecule has 2 unspecified atom stereocenters. The fourth-order valence-electron chi connectivity index (χ4n) is 2.22. The van der Waals surface area contributed by atoms with Gasteiger partial charge >= 0.3 is 11.9 Å². The summed E-state index contributed by atoms with van der Waals surface area (Å²) >= 11 is 0. The summed E-state index contributed by atoms with van der Waals surface area (Å²) < 4.78 is 0. The van der Waals surface area contributed by atoms with Crippen molar-refractivity contribution in [3.63, 3.8) is 0 Å². The number of hydrogen-bond donors (Lipinski definition) is 2. The summed E-state index contributed by atoms with van der Waals surface area (Å²) in [4.78, 5) is 22.6. The molecule has 0 bridgehead atoms. The number of rotatable bonds is 6. The fourth-order valence-corrected chi connectivity index (χ4v) is 2.22. The van der Waals surface area contributed by atoms with Crippen LogP contribution in [0.5, 0.6) is 0 Å². The zero-order valence-corrected chi connectivity index (χ0v) is 10.6. The van der Waals surface area contributed by atoms with E-state index >= 15 is 0 Å². The lowest BCUT2D eigenvalue weighted by Gasteiger charge is -2.32. The summed E-state index contributed by atoms with van der Waals surface area (Å²) in [5.74, 6) is -4.26. The van der Waals surface area contributed by atoms with Crippen LogP contribution in [0.2, 0.25) is 0 Å². The highest BCUT2D eigenvalue weighted by Gasteiger charge is 2.51. The van der Waals surface area contributed by atoms with Gasteiger partial charge in [0.1, 0.15) is 0 Å². The van der Waals surface area contributed by atoms with Crippen molar-refractivity contribution in [2.45, 2.75) is 34.1 Å². The Labute approximate surface area is 101 Å². The molecule has 0 rings (SSSR count). The molecule has 0 amide bonds. The van der Waals surface area contributed by atoms with Crippen molar-refractivity contribution in [1.29, 1.82) is 5.26 Å². The molecule has 0 aromatic carbocycles. The molecule has 0 aliphatic heterocycles. The topological polar surface area (TPSA) is 98.4 Å². The zero-order valence-electron chi connectivity index (χ0n) is 10.6. The maximum Gasteiger partial charge on any atom is 0.324 e. The first-order valence-corrected chi connectivity index (χ1v) is 5.56. The van der Waals surface area contributed by atoms with Crippen LogP contribution in [0.1, 0.15) is 34.1 Å². The van der Waals surface area contributed by atoms with Crippen molar-refractivity contribution < 1.29 is 19.8 Å². The first kappa shape index (κ1) is 15.4. The van der Waals surface area contributed by atoms with E-state index in [1.165, 1.54) is 0 Å². The van der Waals surface area contributed by atoms with Gasteiger partial charge in [-0.1, -0.05) is 27.7 Å². The Hall–Kier alpha value is -1.57. The van der Waals surface area contributed by atoms with Crippen LogP contribution in [0.3, 0.4) is 0 Å². The molecule has 5 heteroatoms. The molecule has 0 saturated carbocycles. The number of hydrogen-bond acceptors (Lipinski definition) is 3. The zero-order chi connectivity index (χ0) is 13.8. The average Bonchev–Trinajstić information content (AvgIpc) is 2.13. The van der Waals surface area contributed by atoms with Crippen LogP contribution in [-0.2, 0) is 9.59 Å². The van der Waals surface area contributed by atoms with Crippen LogP contribution in [0.25, 0.3) is 0 Å². The number of aliphatic carboxylic acids is 2. The van der Waals surface area contributed by atoms with E-state index in [-0.39, 0.29) is 12.3 Å². The van der Waals surface area contributed by atoms with Crippen molar-refractivity contribution in [2.75, 3.05) is 0 Å². The Morgan fingerprint density at radius 3 is 1.88 bits per heavy atom. The van der Waals surface area contributed by atoms with Gasteiger partial charge in [-0.2, -0.15) is 5.26 Å². The van der Waals surface area contributed by atoms with E-state index in [1.54, 1.807) is 33.8 Å². The Balaban J connectivity index is 5.65.